The lowest BCUT2D eigenvalue weighted by Gasteiger charge is -2.26. The van der Waals surface area contributed by atoms with Gasteiger partial charge in [-0.3, -0.25) is 9.69 Å². The molecule has 0 saturated carbocycles. The smallest absolute Gasteiger partial charge is 0.251 e. The third kappa shape index (κ3) is 5.17. The van der Waals surface area contributed by atoms with Crippen LogP contribution >= 0.6 is 0 Å². The van der Waals surface area contributed by atoms with Crippen molar-refractivity contribution in [3.8, 4) is 0 Å². The van der Waals surface area contributed by atoms with Gasteiger partial charge in [-0.2, -0.15) is 0 Å². The summed E-state index contributed by atoms with van der Waals surface area (Å²) in [5.74, 6) is -0.0138. The molecule has 0 spiro atoms. The molecule has 0 unspecified atom stereocenters. The van der Waals surface area contributed by atoms with Gasteiger partial charge in [-0.05, 0) is 61.2 Å². The molecule has 1 aliphatic heterocycles. The first-order valence-corrected chi connectivity index (χ1v) is 9.42. The fourth-order valence-corrected chi connectivity index (χ4v) is 3.31. The predicted octanol–water partition coefficient (Wildman–Crippen LogP) is 4.16. The van der Waals surface area contributed by atoms with E-state index in [4.69, 9.17) is 0 Å². The number of nitrogens with zero attached hydrogens (tertiary/aromatic N) is 1. The zero-order chi connectivity index (χ0) is 17.5. The van der Waals surface area contributed by atoms with Gasteiger partial charge in [0.25, 0.3) is 5.91 Å². The second-order valence-electron chi connectivity index (χ2n) is 6.89. The van der Waals surface area contributed by atoms with Gasteiger partial charge < -0.3 is 5.32 Å². The van der Waals surface area contributed by atoms with Crippen molar-refractivity contribution in [3.63, 3.8) is 0 Å². The number of piperidine rings is 1. The Bertz CT molecular complexity index is 670. The number of benzene rings is 2. The molecule has 1 fully saturated rings. The summed E-state index contributed by atoms with van der Waals surface area (Å²) in [6.07, 6.45) is 5.01. The monoisotopic (exact) mass is 336 g/mol. The van der Waals surface area contributed by atoms with Crippen molar-refractivity contribution in [1.29, 1.82) is 0 Å². The number of carbonyl (C=O) groups excluding carboxylic acids is 1. The zero-order valence-electron chi connectivity index (χ0n) is 15.1. The molecule has 1 saturated heterocycles. The molecule has 132 valence electrons. The lowest BCUT2D eigenvalue weighted by atomic mass is 10.1. The van der Waals surface area contributed by atoms with E-state index in [1.54, 1.807) is 0 Å². The maximum atomic E-state index is 12.2. The first-order chi connectivity index (χ1) is 12.2. The number of hydrogen-bond donors (Lipinski definition) is 1. The number of rotatable bonds is 6. The summed E-state index contributed by atoms with van der Waals surface area (Å²) < 4.78 is 0. The van der Waals surface area contributed by atoms with Gasteiger partial charge in [-0.25, -0.2) is 0 Å². The van der Waals surface area contributed by atoms with Gasteiger partial charge in [0.1, 0.15) is 0 Å². The molecule has 2 aromatic carbocycles. The quantitative estimate of drug-likeness (QED) is 0.859. The molecule has 2 aromatic rings. The van der Waals surface area contributed by atoms with Crippen LogP contribution in [0.4, 0.5) is 0 Å². The molecule has 0 bridgehead atoms. The minimum atomic E-state index is -0.0138. The fourth-order valence-electron chi connectivity index (χ4n) is 3.31. The minimum absolute atomic E-state index is 0.0138. The molecule has 1 amide bonds. The van der Waals surface area contributed by atoms with Crippen molar-refractivity contribution in [1.82, 2.24) is 10.2 Å². The largest absolute Gasteiger partial charge is 0.348 e. The van der Waals surface area contributed by atoms with Crippen LogP contribution in [-0.2, 0) is 19.5 Å². The zero-order valence-corrected chi connectivity index (χ0v) is 15.1. The Morgan fingerprint density at radius 2 is 1.48 bits per heavy atom. The summed E-state index contributed by atoms with van der Waals surface area (Å²) in [4.78, 5) is 14.8. The van der Waals surface area contributed by atoms with E-state index in [1.165, 1.54) is 43.5 Å². The number of likely N-dealkylation sites (tertiary alicyclic amines) is 1. The second kappa shape index (κ2) is 8.82. The van der Waals surface area contributed by atoms with Crippen LogP contribution in [0, 0.1) is 0 Å². The number of carbonyl (C=O) groups is 1. The molecular formula is C22H28N2O. The minimum Gasteiger partial charge on any atom is -0.348 e. The first-order valence-electron chi connectivity index (χ1n) is 9.42. The molecule has 0 atom stereocenters. The molecule has 0 aliphatic carbocycles. The van der Waals surface area contributed by atoms with Crippen LogP contribution in [0.3, 0.4) is 0 Å². The van der Waals surface area contributed by atoms with Crippen LogP contribution in [0.2, 0.25) is 0 Å². The van der Waals surface area contributed by atoms with E-state index in [0.29, 0.717) is 6.54 Å². The van der Waals surface area contributed by atoms with Crippen LogP contribution in [-0.4, -0.2) is 23.9 Å². The Balaban J connectivity index is 1.49. The summed E-state index contributed by atoms with van der Waals surface area (Å²) in [6.45, 7) is 6.15. The molecule has 3 heteroatoms. The SMILES string of the molecule is CCc1ccc(C(=O)NCc2ccc(CN3CCCCC3)cc2)cc1. The highest BCUT2D eigenvalue weighted by molar-refractivity contribution is 5.94. The lowest BCUT2D eigenvalue weighted by molar-refractivity contribution is 0.0951. The molecule has 25 heavy (non-hydrogen) atoms. The van der Waals surface area contributed by atoms with Gasteiger partial charge in [-0.15, -0.1) is 0 Å². The second-order valence-corrected chi connectivity index (χ2v) is 6.89. The molecule has 0 radical (unpaired) electrons. The summed E-state index contributed by atoms with van der Waals surface area (Å²) in [6, 6.07) is 16.5. The van der Waals surface area contributed by atoms with E-state index < -0.39 is 0 Å². The number of aryl methyl sites for hydroxylation is 1. The van der Waals surface area contributed by atoms with Crippen LogP contribution in [0.25, 0.3) is 0 Å². The Hall–Kier alpha value is -2.13. The molecule has 0 aromatic heterocycles. The molecule has 3 nitrogen and oxygen atoms in total. The van der Waals surface area contributed by atoms with Gasteiger partial charge in [0.05, 0.1) is 0 Å². The highest BCUT2D eigenvalue weighted by atomic mass is 16.1. The van der Waals surface area contributed by atoms with Crippen LogP contribution < -0.4 is 5.32 Å². The first kappa shape index (κ1) is 17.7. The van der Waals surface area contributed by atoms with Crippen LogP contribution in [0.15, 0.2) is 48.5 Å². The number of nitrogens with one attached hydrogen (secondary N) is 1. The third-order valence-corrected chi connectivity index (χ3v) is 4.96. The standard InChI is InChI=1S/C22H28N2O/c1-2-18-10-12-21(13-11-18)22(25)23-16-19-6-8-20(9-7-19)17-24-14-4-3-5-15-24/h6-13H,2-5,14-17H2,1H3,(H,23,25). The third-order valence-electron chi connectivity index (χ3n) is 4.96. The van der Waals surface area contributed by atoms with E-state index in [1.807, 2.05) is 24.3 Å². The summed E-state index contributed by atoms with van der Waals surface area (Å²) in [5, 5.41) is 3.00. The van der Waals surface area contributed by atoms with Crippen molar-refractivity contribution in [3.05, 3.63) is 70.8 Å². The van der Waals surface area contributed by atoms with Crippen molar-refractivity contribution in [2.24, 2.45) is 0 Å². The Morgan fingerprint density at radius 3 is 2.12 bits per heavy atom. The van der Waals surface area contributed by atoms with Gasteiger partial charge >= 0.3 is 0 Å². The van der Waals surface area contributed by atoms with Gasteiger partial charge in [-0.1, -0.05) is 49.7 Å². The van der Waals surface area contributed by atoms with E-state index in [9.17, 15) is 4.79 Å². The lowest BCUT2D eigenvalue weighted by Crippen LogP contribution is -2.29. The number of amides is 1. The predicted molar refractivity (Wildman–Crippen MR) is 103 cm³/mol. The van der Waals surface area contributed by atoms with Crippen molar-refractivity contribution >= 4 is 5.91 Å². The highest BCUT2D eigenvalue weighted by Gasteiger charge is 2.10. The van der Waals surface area contributed by atoms with Crippen molar-refractivity contribution in [2.75, 3.05) is 13.1 Å². The maximum absolute atomic E-state index is 12.2. The van der Waals surface area contributed by atoms with Gasteiger partial charge in [0.15, 0.2) is 0 Å². The molecular weight excluding hydrogens is 308 g/mol. The van der Waals surface area contributed by atoms with Crippen LogP contribution in [0.5, 0.6) is 0 Å². The molecule has 1 N–H and O–H groups in total. The van der Waals surface area contributed by atoms with Crippen molar-refractivity contribution in [2.45, 2.75) is 45.7 Å². The maximum Gasteiger partial charge on any atom is 0.251 e. The fraction of sp³-hybridized carbons (Fsp3) is 0.409. The molecule has 1 aliphatic rings. The Labute approximate surface area is 151 Å². The average Bonchev–Trinajstić information content (AvgIpc) is 2.68. The molecule has 1 heterocycles. The van der Waals surface area contributed by atoms with E-state index in [2.05, 4.69) is 41.4 Å². The van der Waals surface area contributed by atoms with Crippen LogP contribution in [0.1, 0.15) is 53.2 Å². The number of hydrogen-bond acceptors (Lipinski definition) is 2. The average molecular weight is 336 g/mol. The normalized spacial score (nSPS) is 15.1. The topological polar surface area (TPSA) is 32.3 Å². The Morgan fingerprint density at radius 1 is 0.880 bits per heavy atom. The van der Waals surface area contributed by atoms with Gasteiger partial charge in [0.2, 0.25) is 0 Å². The summed E-state index contributed by atoms with van der Waals surface area (Å²) in [5.41, 5.74) is 4.47. The Kier molecular flexibility index (Phi) is 6.24. The van der Waals surface area contributed by atoms with E-state index in [0.717, 1.165) is 24.1 Å². The van der Waals surface area contributed by atoms with E-state index >= 15 is 0 Å². The van der Waals surface area contributed by atoms with Crippen molar-refractivity contribution < 1.29 is 4.79 Å². The van der Waals surface area contributed by atoms with Gasteiger partial charge in [0, 0.05) is 18.7 Å². The molecule has 3 rings (SSSR count). The summed E-state index contributed by atoms with van der Waals surface area (Å²) >= 11 is 0. The highest BCUT2D eigenvalue weighted by Crippen LogP contribution is 2.14. The summed E-state index contributed by atoms with van der Waals surface area (Å²) in [7, 11) is 0. The van der Waals surface area contributed by atoms with E-state index in [-0.39, 0.29) is 5.91 Å².